The molecule has 0 bridgehead atoms. The van der Waals surface area contributed by atoms with Crippen LogP contribution in [-0.2, 0) is 19.1 Å². The zero-order valence-corrected chi connectivity index (χ0v) is 11.8. The first-order valence-corrected chi connectivity index (χ1v) is 6.69. The monoisotopic (exact) mass is 272 g/mol. The lowest BCUT2D eigenvalue weighted by molar-refractivity contribution is -0.141. The van der Waals surface area contributed by atoms with Crippen molar-refractivity contribution in [3.8, 4) is 0 Å². The second kappa shape index (κ2) is 8.12. The summed E-state index contributed by atoms with van der Waals surface area (Å²) in [5.74, 6) is -0.219. The van der Waals surface area contributed by atoms with Gasteiger partial charge in [0.1, 0.15) is 0 Å². The summed E-state index contributed by atoms with van der Waals surface area (Å²) in [5.41, 5.74) is -0.425. The molecule has 0 aliphatic carbocycles. The maximum atomic E-state index is 12.3. The number of rotatable bonds is 7. The average Bonchev–Trinajstić information content (AvgIpc) is 2.44. The normalized spacial score (nSPS) is 17.8. The van der Waals surface area contributed by atoms with Crippen molar-refractivity contribution < 1.29 is 19.1 Å². The summed E-state index contributed by atoms with van der Waals surface area (Å²) in [4.78, 5) is 23.2. The highest BCUT2D eigenvalue weighted by molar-refractivity contribution is 5.83. The van der Waals surface area contributed by atoms with Crippen LogP contribution in [0.25, 0.3) is 0 Å². The largest absolute Gasteiger partial charge is 0.469 e. The van der Waals surface area contributed by atoms with Gasteiger partial charge in [0, 0.05) is 20.1 Å². The Morgan fingerprint density at radius 3 is 2.53 bits per heavy atom. The molecule has 0 atom stereocenters. The van der Waals surface area contributed by atoms with Crippen LogP contribution in [0.2, 0.25) is 0 Å². The Balaban J connectivity index is 2.38. The predicted octanol–water partition coefficient (Wildman–Crippen LogP) is 0.0720. The summed E-state index contributed by atoms with van der Waals surface area (Å²) in [7, 11) is 2.98. The van der Waals surface area contributed by atoms with E-state index in [0.29, 0.717) is 26.0 Å². The Labute approximate surface area is 114 Å². The lowest BCUT2D eigenvalue weighted by Crippen LogP contribution is -2.50. The number of ether oxygens (including phenoxy) is 2. The SMILES string of the molecule is COCC1(C(=O)NCCCC(=O)OC)CCNCC1. The second-order valence-corrected chi connectivity index (χ2v) is 4.90. The van der Waals surface area contributed by atoms with Gasteiger partial charge in [0.05, 0.1) is 19.1 Å². The summed E-state index contributed by atoms with van der Waals surface area (Å²) >= 11 is 0. The summed E-state index contributed by atoms with van der Waals surface area (Å²) < 4.78 is 9.76. The minimum atomic E-state index is -0.425. The molecular weight excluding hydrogens is 248 g/mol. The number of piperidine rings is 1. The van der Waals surface area contributed by atoms with E-state index in [9.17, 15) is 9.59 Å². The van der Waals surface area contributed by atoms with Crippen molar-refractivity contribution in [1.29, 1.82) is 0 Å². The molecule has 1 aliphatic heterocycles. The van der Waals surface area contributed by atoms with Crippen LogP contribution in [0.3, 0.4) is 0 Å². The van der Waals surface area contributed by atoms with Crippen LogP contribution in [0.4, 0.5) is 0 Å². The van der Waals surface area contributed by atoms with E-state index in [0.717, 1.165) is 25.9 Å². The van der Waals surface area contributed by atoms with Crippen LogP contribution in [0.1, 0.15) is 25.7 Å². The first-order chi connectivity index (χ1) is 9.14. The van der Waals surface area contributed by atoms with E-state index < -0.39 is 5.41 Å². The number of esters is 1. The molecular formula is C13H24N2O4. The van der Waals surface area contributed by atoms with E-state index in [1.165, 1.54) is 7.11 Å². The van der Waals surface area contributed by atoms with E-state index in [1.807, 2.05) is 0 Å². The van der Waals surface area contributed by atoms with Crippen LogP contribution in [0.15, 0.2) is 0 Å². The van der Waals surface area contributed by atoms with Crippen molar-refractivity contribution in [2.75, 3.05) is 40.5 Å². The fraction of sp³-hybridized carbons (Fsp3) is 0.846. The van der Waals surface area contributed by atoms with E-state index in [1.54, 1.807) is 7.11 Å². The molecule has 0 aromatic rings. The molecule has 1 aliphatic rings. The number of hydrogen-bond acceptors (Lipinski definition) is 5. The van der Waals surface area contributed by atoms with Crippen molar-refractivity contribution in [3.63, 3.8) is 0 Å². The lowest BCUT2D eigenvalue weighted by Gasteiger charge is -2.35. The van der Waals surface area contributed by atoms with Crippen LogP contribution >= 0.6 is 0 Å². The molecule has 2 N–H and O–H groups in total. The highest BCUT2D eigenvalue weighted by Gasteiger charge is 2.39. The van der Waals surface area contributed by atoms with Gasteiger partial charge in [-0.15, -0.1) is 0 Å². The average molecular weight is 272 g/mol. The van der Waals surface area contributed by atoms with Gasteiger partial charge in [-0.3, -0.25) is 9.59 Å². The number of nitrogens with one attached hydrogen (secondary N) is 2. The molecule has 0 aromatic carbocycles. The number of carbonyl (C=O) groups excluding carboxylic acids is 2. The van der Waals surface area contributed by atoms with E-state index in [4.69, 9.17) is 4.74 Å². The standard InChI is InChI=1S/C13H24N2O4/c1-18-10-13(5-8-14-9-6-13)12(17)15-7-3-4-11(16)19-2/h14H,3-10H2,1-2H3,(H,15,17). The van der Waals surface area contributed by atoms with Gasteiger partial charge >= 0.3 is 5.97 Å². The maximum absolute atomic E-state index is 12.3. The molecule has 6 nitrogen and oxygen atoms in total. The molecule has 1 fully saturated rings. The topological polar surface area (TPSA) is 76.7 Å². The first-order valence-electron chi connectivity index (χ1n) is 6.69. The smallest absolute Gasteiger partial charge is 0.305 e. The highest BCUT2D eigenvalue weighted by Crippen LogP contribution is 2.29. The maximum Gasteiger partial charge on any atom is 0.305 e. The van der Waals surface area contributed by atoms with Crippen molar-refractivity contribution in [2.24, 2.45) is 5.41 Å². The molecule has 19 heavy (non-hydrogen) atoms. The first kappa shape index (κ1) is 15.9. The van der Waals surface area contributed by atoms with Crippen molar-refractivity contribution in [3.05, 3.63) is 0 Å². The molecule has 0 aromatic heterocycles. The van der Waals surface area contributed by atoms with Gasteiger partial charge in [-0.1, -0.05) is 0 Å². The molecule has 0 unspecified atom stereocenters. The summed E-state index contributed by atoms with van der Waals surface area (Å²) in [6.45, 7) is 2.60. The summed E-state index contributed by atoms with van der Waals surface area (Å²) in [6.07, 6.45) is 2.49. The second-order valence-electron chi connectivity index (χ2n) is 4.90. The minimum Gasteiger partial charge on any atom is -0.469 e. The molecule has 0 radical (unpaired) electrons. The fourth-order valence-electron chi connectivity index (χ4n) is 2.34. The third kappa shape index (κ3) is 4.80. The zero-order valence-electron chi connectivity index (χ0n) is 11.8. The lowest BCUT2D eigenvalue weighted by atomic mass is 9.78. The van der Waals surface area contributed by atoms with Gasteiger partial charge in [-0.05, 0) is 32.4 Å². The fourth-order valence-corrected chi connectivity index (χ4v) is 2.34. The van der Waals surface area contributed by atoms with Gasteiger partial charge in [0.25, 0.3) is 0 Å². The van der Waals surface area contributed by atoms with Crippen molar-refractivity contribution >= 4 is 11.9 Å². The Morgan fingerprint density at radius 1 is 1.26 bits per heavy atom. The van der Waals surface area contributed by atoms with Crippen LogP contribution in [-0.4, -0.2) is 52.3 Å². The van der Waals surface area contributed by atoms with Crippen LogP contribution in [0.5, 0.6) is 0 Å². The zero-order chi connectivity index (χ0) is 14.1. The quantitative estimate of drug-likeness (QED) is 0.507. The van der Waals surface area contributed by atoms with Gasteiger partial charge in [0.2, 0.25) is 5.91 Å². The Bertz CT molecular complexity index is 296. The van der Waals surface area contributed by atoms with Gasteiger partial charge in [-0.25, -0.2) is 0 Å². The minimum absolute atomic E-state index is 0.0284. The molecule has 0 saturated carbocycles. The molecule has 1 saturated heterocycles. The predicted molar refractivity (Wildman–Crippen MR) is 70.7 cm³/mol. The van der Waals surface area contributed by atoms with Crippen LogP contribution in [0, 0.1) is 5.41 Å². The molecule has 6 heteroatoms. The molecule has 1 heterocycles. The van der Waals surface area contributed by atoms with Crippen LogP contribution < -0.4 is 10.6 Å². The Hall–Kier alpha value is -1.14. The van der Waals surface area contributed by atoms with Crippen molar-refractivity contribution in [1.82, 2.24) is 10.6 Å². The van der Waals surface area contributed by atoms with E-state index in [-0.39, 0.29) is 11.9 Å². The Morgan fingerprint density at radius 2 is 1.95 bits per heavy atom. The third-order valence-electron chi connectivity index (χ3n) is 3.53. The third-order valence-corrected chi connectivity index (χ3v) is 3.53. The van der Waals surface area contributed by atoms with Gasteiger partial charge in [-0.2, -0.15) is 0 Å². The van der Waals surface area contributed by atoms with E-state index in [2.05, 4.69) is 15.4 Å². The highest BCUT2D eigenvalue weighted by atomic mass is 16.5. The van der Waals surface area contributed by atoms with E-state index >= 15 is 0 Å². The number of carbonyl (C=O) groups is 2. The van der Waals surface area contributed by atoms with Crippen molar-refractivity contribution in [2.45, 2.75) is 25.7 Å². The number of amides is 1. The summed E-state index contributed by atoms with van der Waals surface area (Å²) in [6, 6.07) is 0. The number of methoxy groups -OCH3 is 2. The molecule has 0 spiro atoms. The molecule has 110 valence electrons. The van der Waals surface area contributed by atoms with Gasteiger partial charge < -0.3 is 20.1 Å². The molecule has 1 amide bonds. The Kier molecular flexibility index (Phi) is 6.80. The summed E-state index contributed by atoms with van der Waals surface area (Å²) in [5, 5.41) is 6.15. The number of hydrogen-bond donors (Lipinski definition) is 2. The molecule has 1 rings (SSSR count). The van der Waals surface area contributed by atoms with Gasteiger partial charge in [0.15, 0.2) is 0 Å².